The van der Waals surface area contributed by atoms with Crippen molar-refractivity contribution in [1.82, 2.24) is 5.32 Å². The van der Waals surface area contributed by atoms with Crippen molar-refractivity contribution in [2.24, 2.45) is 11.7 Å². The Morgan fingerprint density at radius 2 is 1.88 bits per heavy atom. The molecule has 0 bridgehead atoms. The van der Waals surface area contributed by atoms with Gasteiger partial charge in [-0.15, -0.1) is 0 Å². The number of hydrogen-bond acceptors (Lipinski definition) is 7. The monoisotopic (exact) mass is 584 g/mol. The number of cyclic esters (lactones) is 1. The van der Waals surface area contributed by atoms with Gasteiger partial charge in [-0.25, -0.2) is 9.59 Å². The highest BCUT2D eigenvalue weighted by molar-refractivity contribution is 5.88. The van der Waals surface area contributed by atoms with Crippen LogP contribution in [0.4, 0.5) is 4.79 Å². The molecule has 0 unspecified atom stereocenters. The molecule has 232 valence electrons. The summed E-state index contributed by atoms with van der Waals surface area (Å²) >= 11 is 0. The molecule has 5 N–H and O–H groups in total. The highest BCUT2D eigenvalue weighted by atomic mass is 16.6. The fraction of sp³-hybridized carbons (Fsp3) is 0.485. The van der Waals surface area contributed by atoms with Crippen LogP contribution < -0.4 is 11.1 Å². The molecule has 2 amide bonds. The maximum atomic E-state index is 12.6. The number of aliphatic hydroxyl groups excluding tert-OH is 2. The third-order valence-corrected chi connectivity index (χ3v) is 6.33. The largest absolute Gasteiger partial charge is 0.458 e. The van der Waals surface area contributed by atoms with Gasteiger partial charge in [-0.1, -0.05) is 66.2 Å². The lowest BCUT2D eigenvalue weighted by atomic mass is 9.95. The first-order chi connectivity index (χ1) is 19.9. The smallest absolute Gasteiger partial charge is 0.404 e. The van der Waals surface area contributed by atoms with Crippen molar-refractivity contribution in [2.45, 2.75) is 97.6 Å². The zero-order chi connectivity index (χ0) is 31.5. The van der Waals surface area contributed by atoms with Crippen molar-refractivity contribution in [3.8, 4) is 0 Å². The molecule has 0 aliphatic carbocycles. The molecule has 0 saturated carbocycles. The van der Waals surface area contributed by atoms with Gasteiger partial charge in [-0.2, -0.15) is 0 Å². The normalized spacial score (nSPS) is 27.8. The lowest BCUT2D eigenvalue weighted by Gasteiger charge is -2.22. The number of allylic oxidation sites excluding steroid dienone is 7. The van der Waals surface area contributed by atoms with Crippen LogP contribution >= 0.6 is 0 Å². The number of rotatable bonds is 6. The van der Waals surface area contributed by atoms with Crippen molar-refractivity contribution in [1.29, 1.82) is 0 Å². The van der Waals surface area contributed by atoms with E-state index >= 15 is 0 Å². The second-order valence-electron chi connectivity index (χ2n) is 10.8. The molecule has 1 aliphatic heterocycles. The summed E-state index contributed by atoms with van der Waals surface area (Å²) in [6, 6.07) is 0. The number of amides is 2. The highest BCUT2D eigenvalue weighted by Gasteiger charge is 2.21. The molecule has 0 aromatic heterocycles. The molecule has 5 atom stereocenters. The van der Waals surface area contributed by atoms with Gasteiger partial charge >= 0.3 is 12.1 Å². The molecule has 0 spiro atoms. The number of aliphatic hydroxyl groups is 2. The van der Waals surface area contributed by atoms with Gasteiger partial charge in [0.25, 0.3) is 0 Å². The first kappa shape index (κ1) is 36.3. The van der Waals surface area contributed by atoms with E-state index in [0.29, 0.717) is 38.5 Å². The Balaban J connectivity index is 3.09. The maximum Gasteiger partial charge on any atom is 0.404 e. The van der Waals surface area contributed by atoms with Crippen molar-refractivity contribution >= 4 is 18.0 Å². The Bertz CT molecular complexity index is 1090. The van der Waals surface area contributed by atoms with Crippen LogP contribution in [0.2, 0.25) is 0 Å². The van der Waals surface area contributed by atoms with Gasteiger partial charge in [-0.05, 0) is 65.9 Å². The van der Waals surface area contributed by atoms with Gasteiger partial charge in [-0.3, -0.25) is 4.79 Å². The number of esters is 1. The Hall–Kier alpha value is -3.69. The number of carbonyl (C=O) groups is 3. The minimum absolute atomic E-state index is 0.124. The van der Waals surface area contributed by atoms with E-state index in [4.69, 9.17) is 15.2 Å². The second kappa shape index (κ2) is 20.2. The van der Waals surface area contributed by atoms with Gasteiger partial charge in [0.05, 0.1) is 6.10 Å². The van der Waals surface area contributed by atoms with E-state index in [9.17, 15) is 24.6 Å². The number of carbonyl (C=O) groups excluding carboxylic acids is 3. The first-order valence-corrected chi connectivity index (χ1v) is 14.4. The Morgan fingerprint density at radius 1 is 1.14 bits per heavy atom. The van der Waals surface area contributed by atoms with E-state index in [0.717, 1.165) is 16.7 Å². The lowest BCUT2D eigenvalue weighted by molar-refractivity contribution is -0.144. The summed E-state index contributed by atoms with van der Waals surface area (Å²) in [5.41, 5.74) is 7.98. The summed E-state index contributed by atoms with van der Waals surface area (Å²) < 4.78 is 10.9. The number of primary amides is 1. The van der Waals surface area contributed by atoms with Crippen molar-refractivity contribution < 1.29 is 34.1 Å². The van der Waals surface area contributed by atoms with E-state index in [1.807, 2.05) is 58.9 Å². The lowest BCUT2D eigenvalue weighted by Crippen LogP contribution is -2.32. The predicted octanol–water partition coefficient (Wildman–Crippen LogP) is 5.23. The Kier molecular flexibility index (Phi) is 17.5. The van der Waals surface area contributed by atoms with Crippen molar-refractivity contribution in [2.75, 3.05) is 0 Å². The number of nitrogens with one attached hydrogen (secondary N) is 1. The summed E-state index contributed by atoms with van der Waals surface area (Å²) in [6.07, 6.45) is 17.3. The molecule has 1 heterocycles. The van der Waals surface area contributed by atoms with E-state index in [1.54, 1.807) is 18.4 Å². The zero-order valence-electron chi connectivity index (χ0n) is 25.5. The molecule has 42 heavy (non-hydrogen) atoms. The van der Waals surface area contributed by atoms with Gasteiger partial charge in [0.15, 0.2) is 0 Å². The van der Waals surface area contributed by atoms with E-state index in [1.165, 1.54) is 24.3 Å². The third-order valence-electron chi connectivity index (χ3n) is 6.33. The molecule has 1 aliphatic rings. The minimum Gasteiger partial charge on any atom is -0.458 e. The van der Waals surface area contributed by atoms with Crippen molar-refractivity contribution in [3.05, 3.63) is 83.7 Å². The molecule has 0 saturated heterocycles. The quantitative estimate of drug-likeness (QED) is 0.145. The highest BCUT2D eigenvalue weighted by Crippen LogP contribution is 2.21. The third kappa shape index (κ3) is 17.2. The minimum atomic E-state index is -1.11. The Labute approximate surface area is 250 Å². The molecule has 1 rings (SSSR count). The van der Waals surface area contributed by atoms with E-state index < -0.39 is 36.5 Å². The van der Waals surface area contributed by atoms with Crippen LogP contribution in [0.3, 0.4) is 0 Å². The summed E-state index contributed by atoms with van der Waals surface area (Å²) in [4.78, 5) is 35.8. The number of nitrogens with two attached hydrogens (primary N) is 1. The van der Waals surface area contributed by atoms with E-state index in [2.05, 4.69) is 5.32 Å². The van der Waals surface area contributed by atoms with Crippen LogP contribution in [0.25, 0.3) is 0 Å². The predicted molar refractivity (Wildman–Crippen MR) is 165 cm³/mol. The summed E-state index contributed by atoms with van der Waals surface area (Å²) in [7, 11) is 0. The van der Waals surface area contributed by atoms with Crippen LogP contribution in [0.1, 0.15) is 73.1 Å². The molecule has 0 radical (unpaired) electrons. The zero-order valence-corrected chi connectivity index (χ0v) is 25.5. The first-order valence-electron chi connectivity index (χ1n) is 14.4. The standard InChI is InChI=1S/C33H48N2O7/c1-23(2)20-31(38)35-19-18-25(4)21-26(5)30-22-24(3)12-8-6-10-14-29(42-33(34)40)28(37)17-16-27(36)13-9-7-11-15-32(39)41-30/h6,8,11-12,15-21,26-30,36-37H,7,9-10,13-14,22H2,1-5H3,(H2,34,40)(H,35,38)/b8-6+,15-11+,17-16+,19-18+,24-12+,25-21+/t26-,27-,28+,29-,30-/m1/s1. The van der Waals surface area contributed by atoms with E-state index in [-0.39, 0.29) is 11.8 Å². The number of ether oxygens (including phenoxy) is 2. The molecular formula is C33H48N2O7. The maximum absolute atomic E-state index is 12.6. The van der Waals surface area contributed by atoms with Crippen LogP contribution in [-0.4, -0.2) is 52.6 Å². The van der Waals surface area contributed by atoms with Gasteiger partial charge in [0.1, 0.15) is 18.3 Å². The van der Waals surface area contributed by atoms with Gasteiger partial charge < -0.3 is 30.7 Å². The molecule has 0 aromatic carbocycles. The van der Waals surface area contributed by atoms with Crippen LogP contribution in [0, 0.1) is 5.92 Å². The fourth-order valence-electron chi connectivity index (χ4n) is 4.17. The Morgan fingerprint density at radius 3 is 2.57 bits per heavy atom. The molecular weight excluding hydrogens is 536 g/mol. The van der Waals surface area contributed by atoms with Crippen LogP contribution in [0.5, 0.6) is 0 Å². The summed E-state index contributed by atoms with van der Waals surface area (Å²) in [5, 5.41) is 23.4. The SMILES string of the molecule is CC(C)=CC(=O)N/C=C/C(C)=C/[C@@H](C)[C@H]1C/C(C)=C/C=C/CC[C@@H](OC(N)=O)[C@@H](O)/C=C/[C@H](O)CCC/C=C/C(=O)O1. The summed E-state index contributed by atoms with van der Waals surface area (Å²) in [6.45, 7) is 9.54. The number of hydrogen-bond donors (Lipinski definition) is 4. The molecule has 0 aromatic rings. The van der Waals surface area contributed by atoms with Gasteiger partial charge in [0.2, 0.25) is 5.91 Å². The average molecular weight is 585 g/mol. The fourth-order valence-corrected chi connectivity index (χ4v) is 4.17. The van der Waals surface area contributed by atoms with Crippen LogP contribution in [-0.2, 0) is 19.1 Å². The second-order valence-corrected chi connectivity index (χ2v) is 10.8. The summed E-state index contributed by atoms with van der Waals surface area (Å²) in [5.74, 6) is -0.764. The molecule has 9 heteroatoms. The van der Waals surface area contributed by atoms with Gasteiger partial charge in [0, 0.05) is 30.7 Å². The van der Waals surface area contributed by atoms with Crippen molar-refractivity contribution in [3.63, 3.8) is 0 Å². The average Bonchev–Trinajstić information content (AvgIpc) is 2.89. The topological polar surface area (TPSA) is 148 Å². The van der Waals surface area contributed by atoms with Crippen LogP contribution in [0.15, 0.2) is 83.7 Å². The molecule has 0 fully saturated rings. The molecule has 9 nitrogen and oxygen atoms in total.